The second-order valence-electron chi connectivity index (χ2n) is 8.36. The molecule has 0 spiro atoms. The van der Waals surface area contributed by atoms with Crippen LogP contribution < -0.4 is 28.6 Å². The lowest BCUT2D eigenvalue weighted by atomic mass is 10.1. The molecule has 0 bridgehead atoms. The average Bonchev–Trinajstić information content (AvgIpc) is 3.01. The van der Waals surface area contributed by atoms with Gasteiger partial charge in [-0.15, -0.1) is 0 Å². The molecule has 0 unspecified atom stereocenters. The van der Waals surface area contributed by atoms with Crippen LogP contribution in [0, 0.1) is 0 Å². The van der Waals surface area contributed by atoms with Crippen LogP contribution in [0.5, 0.6) is 23.0 Å². The van der Waals surface area contributed by atoms with Crippen LogP contribution in [0.3, 0.4) is 0 Å². The summed E-state index contributed by atoms with van der Waals surface area (Å²) >= 11 is 0. The Morgan fingerprint density at radius 3 is 1.95 bits per heavy atom. The van der Waals surface area contributed by atoms with Crippen molar-refractivity contribution in [2.75, 3.05) is 58.8 Å². The largest absolute Gasteiger partial charge is 0.497 e. The molecular weight excluding hydrogens is 572 g/mol. The van der Waals surface area contributed by atoms with Gasteiger partial charge in [0.2, 0.25) is 5.91 Å². The highest BCUT2D eigenvalue weighted by Gasteiger charge is 2.31. The first-order valence-electron chi connectivity index (χ1n) is 12.1. The van der Waals surface area contributed by atoms with Gasteiger partial charge in [0.25, 0.3) is 10.0 Å². The highest BCUT2D eigenvalue weighted by atomic mass is 32.2. The molecule has 0 radical (unpaired) electrons. The summed E-state index contributed by atoms with van der Waals surface area (Å²) in [5.74, 6) is -1.54. The summed E-state index contributed by atoms with van der Waals surface area (Å²) in [5.41, 5.74) is -0.161. The number of benzene rings is 3. The van der Waals surface area contributed by atoms with Crippen molar-refractivity contribution in [3.63, 3.8) is 0 Å². The molecule has 0 saturated carbocycles. The minimum absolute atomic E-state index is 0.0155. The minimum atomic E-state index is -4.48. The number of hydrogen-bond acceptors (Lipinski definition) is 11. The topological polar surface area (TPSA) is 156 Å². The molecule has 0 aliphatic carbocycles. The molecule has 1 N–H and O–H groups in total. The fourth-order valence-corrected chi connectivity index (χ4v) is 5.34. The van der Waals surface area contributed by atoms with E-state index in [0.717, 1.165) is 11.4 Å². The van der Waals surface area contributed by atoms with Crippen molar-refractivity contribution in [2.24, 2.45) is 0 Å². The van der Waals surface area contributed by atoms with Gasteiger partial charge in [-0.05, 0) is 42.5 Å². The van der Waals surface area contributed by atoms with Gasteiger partial charge in [0, 0.05) is 12.1 Å². The summed E-state index contributed by atoms with van der Waals surface area (Å²) in [6, 6.07) is 12.2. The highest BCUT2D eigenvalue weighted by Crippen LogP contribution is 2.37. The number of carbonyl (C=O) groups is 3. The van der Waals surface area contributed by atoms with E-state index < -0.39 is 34.4 Å². The molecule has 0 atom stereocenters. The van der Waals surface area contributed by atoms with Crippen molar-refractivity contribution in [1.82, 2.24) is 0 Å². The zero-order valence-electron chi connectivity index (χ0n) is 23.7. The monoisotopic (exact) mass is 602 g/mol. The molecule has 3 aromatic carbocycles. The highest BCUT2D eigenvalue weighted by molar-refractivity contribution is 7.92. The van der Waals surface area contributed by atoms with Crippen LogP contribution in [0.2, 0.25) is 0 Å². The smallest absolute Gasteiger partial charge is 0.339 e. The number of nitrogens with one attached hydrogen (secondary N) is 1. The molecule has 3 rings (SSSR count). The van der Waals surface area contributed by atoms with Gasteiger partial charge in [-0.3, -0.25) is 9.10 Å². The van der Waals surface area contributed by atoms with E-state index in [4.69, 9.17) is 28.4 Å². The Bertz CT molecular complexity index is 1590. The van der Waals surface area contributed by atoms with Gasteiger partial charge >= 0.3 is 11.9 Å². The van der Waals surface area contributed by atoms with Crippen LogP contribution in [0.1, 0.15) is 20.7 Å². The van der Waals surface area contributed by atoms with E-state index in [1.54, 1.807) is 6.07 Å². The Hall–Kier alpha value is -4.98. The van der Waals surface area contributed by atoms with Crippen molar-refractivity contribution in [3.05, 3.63) is 65.7 Å². The van der Waals surface area contributed by atoms with E-state index in [0.29, 0.717) is 5.75 Å². The molecule has 3 aromatic rings. The van der Waals surface area contributed by atoms with Crippen molar-refractivity contribution >= 4 is 39.2 Å². The predicted octanol–water partition coefficient (Wildman–Crippen LogP) is 3.13. The lowest BCUT2D eigenvalue weighted by Crippen LogP contribution is -2.38. The Kier molecular flexibility index (Phi) is 10.2. The molecule has 0 heterocycles. The third kappa shape index (κ3) is 6.66. The molecule has 1 amide bonds. The molecule has 224 valence electrons. The van der Waals surface area contributed by atoms with Gasteiger partial charge in [0.15, 0.2) is 11.5 Å². The molecule has 14 heteroatoms. The van der Waals surface area contributed by atoms with E-state index in [9.17, 15) is 22.8 Å². The second kappa shape index (κ2) is 13.6. The third-order valence-corrected chi connectivity index (χ3v) is 7.76. The number of carbonyl (C=O) groups excluding carboxylic acids is 3. The van der Waals surface area contributed by atoms with Crippen molar-refractivity contribution < 1.29 is 51.2 Å². The maximum Gasteiger partial charge on any atom is 0.339 e. The number of anilines is 2. The molecule has 0 aliphatic rings. The fraction of sp³-hybridized carbons (Fsp3) is 0.250. The predicted molar refractivity (Wildman–Crippen MR) is 151 cm³/mol. The first-order chi connectivity index (χ1) is 20.0. The first-order valence-corrected chi connectivity index (χ1v) is 13.6. The molecule has 0 fully saturated rings. The number of rotatable bonds is 12. The van der Waals surface area contributed by atoms with E-state index in [2.05, 4.69) is 5.32 Å². The third-order valence-electron chi connectivity index (χ3n) is 6.00. The Labute approximate surface area is 242 Å². The average molecular weight is 603 g/mol. The first kappa shape index (κ1) is 31.5. The number of esters is 2. The summed E-state index contributed by atoms with van der Waals surface area (Å²) < 4.78 is 59.6. The quantitative estimate of drug-likeness (QED) is 0.304. The van der Waals surface area contributed by atoms with Gasteiger partial charge in [0.1, 0.15) is 18.0 Å². The number of methoxy groups -OCH3 is 6. The summed E-state index contributed by atoms with van der Waals surface area (Å²) in [7, 11) is 3.34. The maximum absolute atomic E-state index is 14.1. The fourth-order valence-electron chi connectivity index (χ4n) is 3.90. The van der Waals surface area contributed by atoms with E-state index in [-0.39, 0.29) is 44.6 Å². The summed E-state index contributed by atoms with van der Waals surface area (Å²) in [5, 5.41) is 2.51. The number of hydrogen-bond donors (Lipinski definition) is 1. The molecule has 0 saturated heterocycles. The SMILES string of the molecule is COC(=O)c1ccc(C(=O)OC)c(NC(=O)CN(c2cc(OC)ccc2OC)S(=O)(=O)c2ccc(OC)c(OC)c2)c1. The van der Waals surface area contributed by atoms with Gasteiger partial charge in [-0.25, -0.2) is 18.0 Å². The number of sulfonamides is 1. The molecule has 42 heavy (non-hydrogen) atoms. The van der Waals surface area contributed by atoms with E-state index >= 15 is 0 Å². The number of nitrogens with zero attached hydrogens (tertiary/aromatic N) is 1. The Morgan fingerprint density at radius 2 is 1.36 bits per heavy atom. The van der Waals surface area contributed by atoms with Gasteiger partial charge in [-0.1, -0.05) is 0 Å². The van der Waals surface area contributed by atoms with Crippen molar-refractivity contribution in [2.45, 2.75) is 4.90 Å². The van der Waals surface area contributed by atoms with Crippen LogP contribution in [0.4, 0.5) is 11.4 Å². The van der Waals surface area contributed by atoms with Crippen molar-refractivity contribution in [1.29, 1.82) is 0 Å². The van der Waals surface area contributed by atoms with Crippen LogP contribution in [0.25, 0.3) is 0 Å². The Balaban J connectivity index is 2.14. The minimum Gasteiger partial charge on any atom is -0.497 e. The second-order valence-corrected chi connectivity index (χ2v) is 10.2. The normalized spacial score (nSPS) is 10.7. The van der Waals surface area contributed by atoms with Gasteiger partial charge < -0.3 is 33.7 Å². The zero-order chi connectivity index (χ0) is 31.0. The molecule has 0 aromatic heterocycles. The summed E-state index contributed by atoms with van der Waals surface area (Å²) in [6.07, 6.45) is 0. The van der Waals surface area contributed by atoms with Crippen LogP contribution in [0.15, 0.2) is 59.5 Å². The van der Waals surface area contributed by atoms with Crippen LogP contribution in [-0.4, -0.2) is 75.5 Å². The van der Waals surface area contributed by atoms with Gasteiger partial charge in [0.05, 0.1) is 70.1 Å². The van der Waals surface area contributed by atoms with Crippen LogP contribution in [-0.2, 0) is 24.3 Å². The molecule has 0 aliphatic heterocycles. The van der Waals surface area contributed by atoms with Gasteiger partial charge in [-0.2, -0.15) is 0 Å². The number of amides is 1. The van der Waals surface area contributed by atoms with E-state index in [1.807, 2.05) is 0 Å². The lowest BCUT2D eigenvalue weighted by Gasteiger charge is -2.26. The molecule has 13 nitrogen and oxygen atoms in total. The maximum atomic E-state index is 14.1. The van der Waals surface area contributed by atoms with Crippen LogP contribution >= 0.6 is 0 Å². The summed E-state index contributed by atoms with van der Waals surface area (Å²) in [4.78, 5) is 37.7. The summed E-state index contributed by atoms with van der Waals surface area (Å²) in [6.45, 7) is -0.788. The standard InChI is InChI=1S/C28H30N2O11S/c1-36-18-8-11-23(37-2)22(14-18)30(42(34,35)19-9-12-24(38-3)25(15-19)39-4)16-26(31)29-21-13-17(27(32)40-5)7-10-20(21)28(33)41-6/h7-15H,16H2,1-6H3,(H,29,31). The Morgan fingerprint density at radius 1 is 0.714 bits per heavy atom. The number of ether oxygens (including phenoxy) is 6. The lowest BCUT2D eigenvalue weighted by molar-refractivity contribution is -0.114. The zero-order valence-corrected chi connectivity index (χ0v) is 24.6. The van der Waals surface area contributed by atoms with Crippen molar-refractivity contribution in [3.8, 4) is 23.0 Å². The van der Waals surface area contributed by atoms with E-state index in [1.165, 1.54) is 84.1 Å². The molecular formula is C28H30N2O11S.